The van der Waals surface area contributed by atoms with Gasteiger partial charge in [0.15, 0.2) is 11.5 Å². The molecule has 1 amide bonds. The van der Waals surface area contributed by atoms with Crippen molar-refractivity contribution in [1.29, 1.82) is 0 Å². The third-order valence-corrected chi connectivity index (χ3v) is 6.74. The highest BCUT2D eigenvalue weighted by Gasteiger charge is 2.19. The zero-order valence-electron chi connectivity index (χ0n) is 16.9. The summed E-state index contributed by atoms with van der Waals surface area (Å²) in [6.45, 7) is 3.14. The normalized spacial score (nSPS) is 10.6. The number of rotatable bonds is 9. The van der Waals surface area contributed by atoms with E-state index in [0.29, 0.717) is 24.6 Å². The van der Waals surface area contributed by atoms with Crippen molar-refractivity contribution in [3.8, 4) is 11.5 Å². The van der Waals surface area contributed by atoms with Gasteiger partial charge in [0, 0.05) is 28.6 Å². The number of thiophene rings is 1. The van der Waals surface area contributed by atoms with Crippen LogP contribution in [0.5, 0.6) is 11.5 Å². The third-order valence-electron chi connectivity index (χ3n) is 4.56. The molecule has 3 rings (SSSR count). The van der Waals surface area contributed by atoms with Crippen LogP contribution in [0, 0.1) is 0 Å². The maximum absolute atomic E-state index is 13.3. The van der Waals surface area contributed by atoms with Crippen molar-refractivity contribution in [3.05, 3.63) is 76.0 Å². The minimum Gasteiger partial charge on any atom is -0.493 e. The number of amides is 1. The van der Waals surface area contributed by atoms with Gasteiger partial charge < -0.3 is 14.4 Å². The molecule has 3 aromatic rings. The van der Waals surface area contributed by atoms with Crippen molar-refractivity contribution in [2.45, 2.75) is 24.1 Å². The van der Waals surface area contributed by atoms with E-state index in [-0.39, 0.29) is 5.91 Å². The standard InChI is InChI=1S/C23H25NO3S2/c1-4-24(15-17-11-12-20(26-2)21(14-17)27-3)23(25)19-9-5-6-10-22(19)29-16-18-8-7-13-28-18/h5-14H,4,15-16H2,1-3H3. The molecule has 6 heteroatoms. The minimum absolute atomic E-state index is 0.0385. The average Bonchev–Trinajstić information content (AvgIpc) is 3.29. The van der Waals surface area contributed by atoms with Crippen LogP contribution in [0.1, 0.15) is 27.7 Å². The molecule has 0 unspecified atom stereocenters. The van der Waals surface area contributed by atoms with Gasteiger partial charge in [0.1, 0.15) is 0 Å². The monoisotopic (exact) mass is 427 g/mol. The van der Waals surface area contributed by atoms with Gasteiger partial charge in [-0.2, -0.15) is 0 Å². The van der Waals surface area contributed by atoms with E-state index in [9.17, 15) is 4.79 Å². The second-order valence-corrected chi connectivity index (χ2v) is 8.42. The lowest BCUT2D eigenvalue weighted by Gasteiger charge is -2.23. The van der Waals surface area contributed by atoms with Crippen LogP contribution in [0.3, 0.4) is 0 Å². The van der Waals surface area contributed by atoms with E-state index in [1.807, 2.05) is 54.3 Å². The molecule has 1 aromatic heterocycles. The molecule has 4 nitrogen and oxygen atoms in total. The molecule has 152 valence electrons. The summed E-state index contributed by atoms with van der Waals surface area (Å²) < 4.78 is 10.7. The zero-order valence-corrected chi connectivity index (χ0v) is 18.5. The van der Waals surface area contributed by atoms with Gasteiger partial charge in [-0.1, -0.05) is 24.3 Å². The Morgan fingerprint density at radius 1 is 1.03 bits per heavy atom. The summed E-state index contributed by atoms with van der Waals surface area (Å²) in [6, 6.07) is 17.8. The topological polar surface area (TPSA) is 38.8 Å². The van der Waals surface area contributed by atoms with Crippen molar-refractivity contribution in [2.75, 3.05) is 20.8 Å². The van der Waals surface area contributed by atoms with Crippen LogP contribution >= 0.6 is 23.1 Å². The zero-order chi connectivity index (χ0) is 20.6. The fourth-order valence-corrected chi connectivity index (χ4v) is 4.83. The number of thioether (sulfide) groups is 1. The average molecular weight is 428 g/mol. The molecule has 2 aromatic carbocycles. The van der Waals surface area contributed by atoms with Crippen molar-refractivity contribution < 1.29 is 14.3 Å². The molecule has 0 bridgehead atoms. The smallest absolute Gasteiger partial charge is 0.255 e. The number of carbonyl (C=O) groups is 1. The lowest BCUT2D eigenvalue weighted by atomic mass is 10.1. The largest absolute Gasteiger partial charge is 0.493 e. The first-order chi connectivity index (χ1) is 14.2. The van der Waals surface area contributed by atoms with E-state index in [1.54, 1.807) is 37.3 Å². The van der Waals surface area contributed by atoms with Crippen molar-refractivity contribution >= 4 is 29.0 Å². The molecule has 29 heavy (non-hydrogen) atoms. The Labute approximate surface area is 180 Å². The Bertz CT molecular complexity index is 941. The molecule has 0 aliphatic heterocycles. The summed E-state index contributed by atoms with van der Waals surface area (Å²) in [6.07, 6.45) is 0. The fraction of sp³-hybridized carbons (Fsp3) is 0.261. The molecule has 0 saturated carbocycles. The first kappa shape index (κ1) is 21.3. The van der Waals surface area contributed by atoms with Crippen LogP contribution < -0.4 is 9.47 Å². The van der Waals surface area contributed by atoms with Gasteiger partial charge in [-0.3, -0.25) is 4.79 Å². The van der Waals surface area contributed by atoms with Crippen LogP contribution in [0.2, 0.25) is 0 Å². The highest BCUT2D eigenvalue weighted by Crippen LogP contribution is 2.30. The number of hydrogen-bond donors (Lipinski definition) is 0. The van der Waals surface area contributed by atoms with Crippen molar-refractivity contribution in [2.24, 2.45) is 0 Å². The predicted molar refractivity (Wildman–Crippen MR) is 120 cm³/mol. The van der Waals surface area contributed by atoms with Crippen molar-refractivity contribution in [3.63, 3.8) is 0 Å². The number of nitrogens with zero attached hydrogens (tertiary/aromatic N) is 1. The Balaban J connectivity index is 1.77. The van der Waals surface area contributed by atoms with Gasteiger partial charge in [-0.25, -0.2) is 0 Å². The molecule has 0 spiro atoms. The first-order valence-corrected chi connectivity index (χ1v) is 11.3. The van der Waals surface area contributed by atoms with E-state index in [4.69, 9.17) is 9.47 Å². The summed E-state index contributed by atoms with van der Waals surface area (Å²) >= 11 is 3.44. The number of benzene rings is 2. The summed E-state index contributed by atoms with van der Waals surface area (Å²) in [4.78, 5) is 17.5. The molecular weight excluding hydrogens is 402 g/mol. The summed E-state index contributed by atoms with van der Waals surface area (Å²) in [5, 5.41) is 2.08. The van der Waals surface area contributed by atoms with Gasteiger partial charge in [-0.05, 0) is 48.2 Å². The van der Waals surface area contributed by atoms with Gasteiger partial charge in [0.25, 0.3) is 5.91 Å². The number of ether oxygens (including phenoxy) is 2. The molecule has 0 atom stereocenters. The van der Waals surface area contributed by atoms with Gasteiger partial charge >= 0.3 is 0 Å². The Kier molecular flexibility index (Phi) is 7.61. The summed E-state index contributed by atoms with van der Waals surface area (Å²) in [7, 11) is 3.23. The highest BCUT2D eigenvalue weighted by atomic mass is 32.2. The predicted octanol–water partition coefficient (Wildman–Crippen LogP) is 5.72. The van der Waals surface area contributed by atoms with Gasteiger partial charge in [0.2, 0.25) is 0 Å². The number of methoxy groups -OCH3 is 2. The number of carbonyl (C=O) groups excluding carboxylic acids is 1. The van der Waals surface area contributed by atoms with Gasteiger partial charge in [-0.15, -0.1) is 23.1 Å². The molecule has 1 heterocycles. The van der Waals surface area contributed by atoms with Crippen molar-refractivity contribution in [1.82, 2.24) is 4.90 Å². The molecule has 0 radical (unpaired) electrons. The molecule has 0 N–H and O–H groups in total. The second kappa shape index (κ2) is 10.4. The fourth-order valence-electron chi connectivity index (χ4n) is 3.01. The van der Waals surface area contributed by atoms with Crippen LogP contribution in [-0.2, 0) is 12.3 Å². The molecular formula is C23H25NO3S2. The van der Waals surface area contributed by atoms with Crippen LogP contribution in [0.25, 0.3) is 0 Å². The third kappa shape index (κ3) is 5.34. The van der Waals surface area contributed by atoms with Gasteiger partial charge in [0.05, 0.1) is 19.8 Å². The van der Waals surface area contributed by atoms with E-state index >= 15 is 0 Å². The lowest BCUT2D eigenvalue weighted by Crippen LogP contribution is -2.30. The Morgan fingerprint density at radius 2 is 1.83 bits per heavy atom. The molecule has 0 aliphatic rings. The second-order valence-electron chi connectivity index (χ2n) is 6.37. The maximum atomic E-state index is 13.3. The van der Waals surface area contributed by atoms with E-state index in [1.165, 1.54) is 4.88 Å². The first-order valence-electron chi connectivity index (χ1n) is 9.40. The van der Waals surface area contributed by atoms with Crippen LogP contribution in [-0.4, -0.2) is 31.6 Å². The molecule has 0 saturated heterocycles. The molecule has 0 aliphatic carbocycles. The quantitative estimate of drug-likeness (QED) is 0.409. The summed E-state index contributed by atoms with van der Waals surface area (Å²) in [5.41, 5.74) is 1.75. The highest BCUT2D eigenvalue weighted by molar-refractivity contribution is 7.98. The molecule has 0 fully saturated rings. The Morgan fingerprint density at radius 3 is 2.52 bits per heavy atom. The number of hydrogen-bond acceptors (Lipinski definition) is 5. The maximum Gasteiger partial charge on any atom is 0.255 e. The minimum atomic E-state index is 0.0385. The SMILES string of the molecule is CCN(Cc1ccc(OC)c(OC)c1)C(=O)c1ccccc1SCc1cccs1. The van der Waals surface area contributed by atoms with Crippen LogP contribution in [0.15, 0.2) is 64.9 Å². The van der Waals surface area contributed by atoms with E-state index in [0.717, 1.165) is 21.8 Å². The van der Waals surface area contributed by atoms with E-state index < -0.39 is 0 Å². The lowest BCUT2D eigenvalue weighted by molar-refractivity contribution is 0.0749. The Hall–Kier alpha value is -2.44. The van der Waals surface area contributed by atoms with E-state index in [2.05, 4.69) is 17.5 Å². The van der Waals surface area contributed by atoms with Crippen LogP contribution in [0.4, 0.5) is 0 Å². The summed E-state index contributed by atoms with van der Waals surface area (Å²) in [5.74, 6) is 2.25.